The molecule has 0 saturated heterocycles. The van der Waals surface area contributed by atoms with Crippen molar-refractivity contribution in [3.05, 3.63) is 76.2 Å². The molecule has 0 aliphatic carbocycles. The first-order chi connectivity index (χ1) is 10.1. The summed E-state index contributed by atoms with van der Waals surface area (Å²) in [7, 11) is 0. The molecular weight excluding hydrogens is 280 g/mol. The third kappa shape index (κ3) is 2.81. The molecular formula is C17H16N2OS. The number of aromatic nitrogens is 2. The minimum Gasteiger partial charge on any atom is -0.294 e. The number of H-pyrrole nitrogens is 1. The van der Waals surface area contributed by atoms with Crippen LogP contribution < -0.4 is 5.56 Å². The van der Waals surface area contributed by atoms with Crippen molar-refractivity contribution in [2.24, 2.45) is 0 Å². The summed E-state index contributed by atoms with van der Waals surface area (Å²) in [4.78, 5) is 14.4. The van der Waals surface area contributed by atoms with E-state index in [2.05, 4.69) is 24.2 Å². The van der Waals surface area contributed by atoms with Crippen LogP contribution in [0.1, 0.15) is 11.3 Å². The lowest BCUT2D eigenvalue weighted by Crippen LogP contribution is -2.15. The van der Waals surface area contributed by atoms with Gasteiger partial charge in [-0.05, 0) is 38.1 Å². The molecule has 0 atom stereocenters. The third-order valence-corrected chi connectivity index (χ3v) is 4.47. The monoisotopic (exact) mass is 296 g/mol. The van der Waals surface area contributed by atoms with Gasteiger partial charge in [0.1, 0.15) is 0 Å². The first-order valence-electron chi connectivity index (χ1n) is 6.77. The maximum atomic E-state index is 12.6. The molecule has 0 fully saturated rings. The molecule has 21 heavy (non-hydrogen) atoms. The van der Waals surface area contributed by atoms with Crippen LogP contribution in [0.2, 0.25) is 0 Å². The quantitative estimate of drug-likeness (QED) is 0.795. The Labute approximate surface area is 127 Å². The van der Waals surface area contributed by atoms with Crippen LogP contribution in [0.5, 0.6) is 0 Å². The molecule has 2 aromatic carbocycles. The molecule has 3 nitrogen and oxygen atoms in total. The summed E-state index contributed by atoms with van der Waals surface area (Å²) in [5.41, 5.74) is 2.94. The van der Waals surface area contributed by atoms with Crippen molar-refractivity contribution in [2.75, 3.05) is 0 Å². The number of nitrogens with zero attached hydrogens (tertiary/aromatic N) is 1. The van der Waals surface area contributed by atoms with E-state index >= 15 is 0 Å². The van der Waals surface area contributed by atoms with E-state index in [1.54, 1.807) is 4.68 Å². The predicted octanol–water partition coefficient (Wildman–Crippen LogP) is 3.93. The van der Waals surface area contributed by atoms with Crippen molar-refractivity contribution < 1.29 is 0 Å². The van der Waals surface area contributed by atoms with Crippen LogP contribution in [0, 0.1) is 13.8 Å². The maximum absolute atomic E-state index is 12.6. The Morgan fingerprint density at radius 2 is 1.62 bits per heavy atom. The third-order valence-electron chi connectivity index (χ3n) is 3.27. The minimum atomic E-state index is -0.00993. The van der Waals surface area contributed by atoms with Crippen molar-refractivity contribution in [1.82, 2.24) is 9.78 Å². The summed E-state index contributed by atoms with van der Waals surface area (Å²) in [5, 5.41) is 3.14. The molecule has 0 saturated carbocycles. The lowest BCUT2D eigenvalue weighted by molar-refractivity contribution is 0.834. The largest absolute Gasteiger partial charge is 0.294 e. The van der Waals surface area contributed by atoms with Crippen molar-refractivity contribution in [3.8, 4) is 5.69 Å². The second-order valence-electron chi connectivity index (χ2n) is 4.96. The lowest BCUT2D eigenvalue weighted by atomic mass is 10.2. The number of nitrogens with one attached hydrogen (secondary N) is 1. The summed E-state index contributed by atoms with van der Waals surface area (Å²) in [6.07, 6.45) is 0. The van der Waals surface area contributed by atoms with Gasteiger partial charge in [0.15, 0.2) is 0 Å². The zero-order valence-corrected chi connectivity index (χ0v) is 12.8. The van der Waals surface area contributed by atoms with Crippen molar-refractivity contribution >= 4 is 11.8 Å². The molecule has 0 spiro atoms. The molecule has 0 radical (unpaired) electrons. The van der Waals surface area contributed by atoms with E-state index in [1.807, 2.05) is 49.4 Å². The Hall–Kier alpha value is -2.20. The van der Waals surface area contributed by atoms with Gasteiger partial charge in [-0.2, -0.15) is 0 Å². The van der Waals surface area contributed by atoms with E-state index in [4.69, 9.17) is 0 Å². The van der Waals surface area contributed by atoms with Gasteiger partial charge in [0.2, 0.25) is 0 Å². The van der Waals surface area contributed by atoms with Gasteiger partial charge in [0.25, 0.3) is 5.56 Å². The SMILES string of the molecule is Cc1ccc(Sc2c(C)[nH]n(-c3ccccc3)c2=O)cc1. The Bertz CT molecular complexity index is 801. The number of benzene rings is 2. The fourth-order valence-electron chi connectivity index (χ4n) is 2.13. The molecule has 0 aliphatic heterocycles. The maximum Gasteiger partial charge on any atom is 0.285 e. The van der Waals surface area contributed by atoms with Crippen molar-refractivity contribution in [2.45, 2.75) is 23.6 Å². The molecule has 106 valence electrons. The zero-order chi connectivity index (χ0) is 14.8. The average molecular weight is 296 g/mol. The molecule has 4 heteroatoms. The second kappa shape index (κ2) is 5.66. The number of hydrogen-bond donors (Lipinski definition) is 1. The summed E-state index contributed by atoms with van der Waals surface area (Å²) in [6, 6.07) is 17.8. The van der Waals surface area contributed by atoms with Crippen LogP contribution in [0.4, 0.5) is 0 Å². The van der Waals surface area contributed by atoms with E-state index in [0.29, 0.717) is 0 Å². The fraction of sp³-hybridized carbons (Fsp3) is 0.118. The van der Waals surface area contributed by atoms with Crippen LogP contribution >= 0.6 is 11.8 Å². The number of hydrogen-bond acceptors (Lipinski definition) is 2. The Morgan fingerprint density at radius 3 is 2.29 bits per heavy atom. The van der Waals surface area contributed by atoms with Crippen LogP contribution in [0.15, 0.2) is 69.2 Å². The predicted molar refractivity (Wildman–Crippen MR) is 86.4 cm³/mol. The van der Waals surface area contributed by atoms with Crippen LogP contribution in [0.25, 0.3) is 5.69 Å². The van der Waals surface area contributed by atoms with Gasteiger partial charge < -0.3 is 0 Å². The summed E-state index contributed by atoms with van der Waals surface area (Å²) in [6.45, 7) is 3.98. The molecule has 3 rings (SSSR count). The van der Waals surface area contributed by atoms with Gasteiger partial charge in [-0.1, -0.05) is 47.7 Å². The molecule has 1 N–H and O–H groups in total. The molecule has 0 amide bonds. The van der Waals surface area contributed by atoms with Gasteiger partial charge in [0, 0.05) is 10.6 Å². The van der Waals surface area contributed by atoms with Crippen LogP contribution in [-0.4, -0.2) is 9.78 Å². The summed E-state index contributed by atoms with van der Waals surface area (Å²) in [5.74, 6) is 0. The smallest absolute Gasteiger partial charge is 0.285 e. The van der Waals surface area contributed by atoms with Gasteiger partial charge in [-0.3, -0.25) is 9.89 Å². The lowest BCUT2D eigenvalue weighted by Gasteiger charge is -2.00. The number of para-hydroxylation sites is 1. The van der Waals surface area contributed by atoms with Crippen molar-refractivity contribution in [3.63, 3.8) is 0 Å². The molecule has 1 aromatic heterocycles. The van der Waals surface area contributed by atoms with Crippen LogP contribution in [-0.2, 0) is 0 Å². The standard InChI is InChI=1S/C17H16N2OS/c1-12-8-10-15(11-9-12)21-16-13(2)18-19(17(16)20)14-6-4-3-5-7-14/h3-11,18H,1-2H3. The van der Waals surface area contributed by atoms with Gasteiger partial charge >= 0.3 is 0 Å². The van der Waals surface area contributed by atoms with Gasteiger partial charge in [-0.15, -0.1) is 0 Å². The molecule has 1 heterocycles. The highest BCUT2D eigenvalue weighted by Crippen LogP contribution is 2.27. The first kappa shape index (κ1) is 13.8. The molecule has 0 aliphatic rings. The number of aromatic amines is 1. The Kier molecular flexibility index (Phi) is 3.71. The van der Waals surface area contributed by atoms with Gasteiger partial charge in [0.05, 0.1) is 10.6 Å². The minimum absolute atomic E-state index is 0.00993. The Morgan fingerprint density at radius 1 is 0.952 bits per heavy atom. The molecule has 0 bridgehead atoms. The van der Waals surface area contributed by atoms with E-state index in [1.165, 1.54) is 17.3 Å². The highest BCUT2D eigenvalue weighted by molar-refractivity contribution is 7.99. The topological polar surface area (TPSA) is 37.8 Å². The second-order valence-corrected chi connectivity index (χ2v) is 6.04. The first-order valence-corrected chi connectivity index (χ1v) is 7.58. The summed E-state index contributed by atoms with van der Waals surface area (Å²) < 4.78 is 1.59. The van der Waals surface area contributed by atoms with E-state index in [-0.39, 0.29) is 5.56 Å². The molecule has 0 unspecified atom stereocenters. The normalized spacial score (nSPS) is 10.8. The van der Waals surface area contributed by atoms with E-state index < -0.39 is 0 Å². The number of aryl methyl sites for hydroxylation is 2. The van der Waals surface area contributed by atoms with Crippen LogP contribution in [0.3, 0.4) is 0 Å². The average Bonchev–Trinajstić information content (AvgIpc) is 2.78. The highest BCUT2D eigenvalue weighted by atomic mass is 32.2. The molecule has 3 aromatic rings. The van der Waals surface area contributed by atoms with E-state index in [0.717, 1.165) is 21.2 Å². The van der Waals surface area contributed by atoms with E-state index in [9.17, 15) is 4.79 Å². The highest BCUT2D eigenvalue weighted by Gasteiger charge is 2.13. The van der Waals surface area contributed by atoms with Crippen molar-refractivity contribution in [1.29, 1.82) is 0 Å². The Balaban J connectivity index is 1.99. The fourth-order valence-corrected chi connectivity index (χ4v) is 3.02. The zero-order valence-electron chi connectivity index (χ0n) is 12.0. The van der Waals surface area contributed by atoms with Gasteiger partial charge in [-0.25, -0.2) is 4.68 Å². The number of rotatable bonds is 3. The summed E-state index contributed by atoms with van der Waals surface area (Å²) >= 11 is 1.50.